The number of nitrogens with zero attached hydrogens (tertiary/aromatic N) is 7. The number of halogens is 3. The van der Waals surface area contributed by atoms with E-state index in [0.717, 1.165) is 6.07 Å². The highest BCUT2D eigenvalue weighted by molar-refractivity contribution is 7.91. The molecule has 1 aliphatic heterocycles. The highest BCUT2D eigenvalue weighted by Crippen LogP contribution is 2.32. The van der Waals surface area contributed by atoms with Gasteiger partial charge in [-0.25, -0.2) is 23.4 Å². The highest BCUT2D eigenvalue weighted by atomic mass is 32.2. The molecule has 3 rings (SSSR count). The van der Waals surface area contributed by atoms with E-state index in [-0.39, 0.29) is 22.6 Å². The lowest BCUT2D eigenvalue weighted by molar-refractivity contribution is -0.141. The van der Waals surface area contributed by atoms with Crippen LogP contribution in [0.1, 0.15) is 38.7 Å². The molecule has 2 aromatic rings. The minimum absolute atomic E-state index is 0.0625. The van der Waals surface area contributed by atoms with E-state index in [1.54, 1.807) is 27.8 Å². The van der Waals surface area contributed by atoms with Crippen LogP contribution in [0.4, 0.5) is 19.0 Å². The maximum Gasteiger partial charge on any atom is 0.433 e. The van der Waals surface area contributed by atoms with Crippen LogP contribution in [-0.4, -0.2) is 76.5 Å². The fourth-order valence-corrected chi connectivity index (χ4v) is 4.46. The van der Waals surface area contributed by atoms with Crippen molar-refractivity contribution in [2.75, 3.05) is 43.4 Å². The van der Waals surface area contributed by atoms with Gasteiger partial charge in [0.25, 0.3) is 5.16 Å². The normalized spacial score (nSPS) is 16.5. The van der Waals surface area contributed by atoms with Crippen LogP contribution in [0.3, 0.4) is 0 Å². The maximum absolute atomic E-state index is 13.3. The molecule has 0 spiro atoms. The number of piperazine rings is 1. The first-order valence-corrected chi connectivity index (χ1v) is 11.9. The summed E-state index contributed by atoms with van der Waals surface area (Å²) in [6.45, 7) is 8.07. The summed E-state index contributed by atoms with van der Waals surface area (Å²) in [6.07, 6.45) is -2.79. The van der Waals surface area contributed by atoms with Crippen LogP contribution in [0.5, 0.6) is 0 Å². The third-order valence-electron chi connectivity index (χ3n) is 5.11. The number of anilines is 1. The quantitative estimate of drug-likeness (QED) is 0.625. The molecule has 13 heteroatoms. The lowest BCUT2D eigenvalue weighted by atomic mass is 9.95. The number of alkyl halides is 3. The zero-order chi connectivity index (χ0) is 23.7. The molecule has 32 heavy (non-hydrogen) atoms. The van der Waals surface area contributed by atoms with Gasteiger partial charge in [0.1, 0.15) is 23.7 Å². The van der Waals surface area contributed by atoms with E-state index in [2.05, 4.69) is 25.0 Å². The second-order valence-corrected chi connectivity index (χ2v) is 10.9. The molecule has 0 unspecified atom stereocenters. The maximum atomic E-state index is 13.3. The smallest absolute Gasteiger partial charge is 0.354 e. The zero-order valence-electron chi connectivity index (χ0n) is 18.6. The number of hydrogen-bond donors (Lipinski definition) is 0. The van der Waals surface area contributed by atoms with Crippen molar-refractivity contribution in [2.24, 2.45) is 7.05 Å². The second kappa shape index (κ2) is 8.93. The Balaban J connectivity index is 1.60. The van der Waals surface area contributed by atoms with Gasteiger partial charge < -0.3 is 4.90 Å². The molecule has 1 fully saturated rings. The molecular weight excluding hydrogens is 447 g/mol. The summed E-state index contributed by atoms with van der Waals surface area (Å²) in [6, 6.07) is 0.997. The lowest BCUT2D eigenvalue weighted by Crippen LogP contribution is -2.47. The number of aromatic nitrogens is 5. The molecule has 0 saturated carbocycles. The molecule has 0 radical (unpaired) electrons. The Kier molecular flexibility index (Phi) is 6.80. The average Bonchev–Trinajstić information content (AvgIpc) is 3.14. The van der Waals surface area contributed by atoms with E-state index < -0.39 is 27.1 Å². The molecule has 1 saturated heterocycles. The van der Waals surface area contributed by atoms with Crippen LogP contribution in [0.25, 0.3) is 0 Å². The van der Waals surface area contributed by atoms with E-state index in [4.69, 9.17) is 0 Å². The van der Waals surface area contributed by atoms with E-state index in [9.17, 15) is 21.6 Å². The molecule has 0 N–H and O–H groups in total. The average molecular weight is 476 g/mol. The first-order chi connectivity index (χ1) is 14.8. The predicted octanol–water partition coefficient (Wildman–Crippen LogP) is 1.91. The van der Waals surface area contributed by atoms with Crippen molar-refractivity contribution in [3.8, 4) is 0 Å². The van der Waals surface area contributed by atoms with Gasteiger partial charge in [-0.1, -0.05) is 20.8 Å². The van der Waals surface area contributed by atoms with Crippen LogP contribution in [-0.2, 0) is 28.5 Å². The van der Waals surface area contributed by atoms with Crippen molar-refractivity contribution in [1.29, 1.82) is 0 Å². The Morgan fingerprint density at radius 2 is 1.72 bits per heavy atom. The molecule has 0 amide bonds. The summed E-state index contributed by atoms with van der Waals surface area (Å²) >= 11 is 0. The summed E-state index contributed by atoms with van der Waals surface area (Å²) in [5, 5.41) is 3.67. The van der Waals surface area contributed by atoms with Gasteiger partial charge in [-0.05, 0) is 13.0 Å². The van der Waals surface area contributed by atoms with Crippen LogP contribution in [0.15, 0.2) is 17.6 Å². The van der Waals surface area contributed by atoms with Gasteiger partial charge in [0.05, 0.1) is 5.75 Å². The first kappa shape index (κ1) is 24.4. The Bertz CT molecular complexity index is 1010. The van der Waals surface area contributed by atoms with Crippen LogP contribution >= 0.6 is 0 Å². The number of hydrogen-bond acceptors (Lipinski definition) is 8. The Morgan fingerprint density at radius 3 is 2.25 bits per heavy atom. The Hall–Kier alpha value is -2.28. The molecule has 0 atom stereocenters. The molecule has 0 bridgehead atoms. The van der Waals surface area contributed by atoms with Crippen molar-refractivity contribution in [3.05, 3.63) is 23.9 Å². The Morgan fingerprint density at radius 1 is 1.06 bits per heavy atom. The summed E-state index contributed by atoms with van der Waals surface area (Å²) < 4.78 is 65.9. The van der Waals surface area contributed by atoms with Crippen LogP contribution in [0.2, 0.25) is 0 Å². The monoisotopic (exact) mass is 475 g/mol. The molecular formula is C19H28F3N7O2S. The fraction of sp³-hybridized carbons (Fsp3) is 0.684. The minimum Gasteiger partial charge on any atom is -0.354 e. The van der Waals surface area contributed by atoms with Gasteiger partial charge in [0.15, 0.2) is 0 Å². The van der Waals surface area contributed by atoms with Crippen LogP contribution < -0.4 is 4.90 Å². The van der Waals surface area contributed by atoms with E-state index in [1.807, 2.05) is 4.90 Å². The van der Waals surface area contributed by atoms with Crippen molar-refractivity contribution >= 4 is 15.7 Å². The van der Waals surface area contributed by atoms with E-state index in [0.29, 0.717) is 39.1 Å². The number of rotatable bonds is 6. The third-order valence-corrected chi connectivity index (χ3v) is 6.68. The lowest BCUT2D eigenvalue weighted by Gasteiger charge is -2.36. The molecule has 2 aromatic heterocycles. The highest BCUT2D eigenvalue weighted by Gasteiger charge is 2.36. The standard InChI is InChI=1S/C19H28F3N7O2S/c1-18(2,3)16-24-14(19(20,21)22)12-15(25-16)29-9-7-28(8-10-29)6-5-11-32(30,31)17-23-13-27(4)26-17/h12-13H,5-11H2,1-4H3. The third kappa shape index (κ3) is 5.94. The molecule has 3 heterocycles. The molecule has 9 nitrogen and oxygen atoms in total. The summed E-state index contributed by atoms with van der Waals surface area (Å²) in [5.74, 6) is 0.353. The van der Waals surface area contributed by atoms with Crippen molar-refractivity contribution in [1.82, 2.24) is 29.6 Å². The van der Waals surface area contributed by atoms with Crippen molar-refractivity contribution in [3.63, 3.8) is 0 Å². The van der Waals surface area contributed by atoms with Crippen molar-refractivity contribution in [2.45, 2.75) is 43.9 Å². The first-order valence-electron chi connectivity index (χ1n) is 10.3. The molecule has 178 valence electrons. The zero-order valence-corrected chi connectivity index (χ0v) is 19.4. The molecule has 0 aromatic carbocycles. The summed E-state index contributed by atoms with van der Waals surface area (Å²) in [7, 11) is -1.93. The minimum atomic E-state index is -4.55. The summed E-state index contributed by atoms with van der Waals surface area (Å²) in [4.78, 5) is 15.8. The van der Waals surface area contributed by atoms with Gasteiger partial charge in [0.2, 0.25) is 9.84 Å². The topological polar surface area (TPSA) is 97.1 Å². The van der Waals surface area contributed by atoms with Gasteiger partial charge in [0, 0.05) is 44.7 Å². The molecule has 1 aliphatic rings. The summed E-state index contributed by atoms with van der Waals surface area (Å²) in [5.41, 5.74) is -1.56. The van der Waals surface area contributed by atoms with E-state index in [1.165, 1.54) is 11.0 Å². The van der Waals surface area contributed by atoms with Gasteiger partial charge in [-0.15, -0.1) is 5.10 Å². The molecule has 0 aliphatic carbocycles. The van der Waals surface area contributed by atoms with Gasteiger partial charge >= 0.3 is 6.18 Å². The predicted molar refractivity (Wildman–Crippen MR) is 112 cm³/mol. The van der Waals surface area contributed by atoms with Crippen molar-refractivity contribution < 1.29 is 21.6 Å². The van der Waals surface area contributed by atoms with E-state index >= 15 is 0 Å². The largest absolute Gasteiger partial charge is 0.433 e. The number of sulfone groups is 1. The van der Waals surface area contributed by atoms with Gasteiger partial charge in [-0.3, -0.25) is 9.58 Å². The Labute approximate surface area is 185 Å². The SMILES string of the molecule is Cn1cnc(S(=O)(=O)CCCN2CCN(c3cc(C(F)(F)F)nc(C(C)(C)C)n3)CC2)n1. The van der Waals surface area contributed by atoms with Gasteiger partial charge in [-0.2, -0.15) is 13.2 Å². The second-order valence-electron chi connectivity index (χ2n) is 8.88. The fourth-order valence-electron chi connectivity index (χ4n) is 3.31. The number of aryl methyl sites for hydroxylation is 1. The van der Waals surface area contributed by atoms with Crippen LogP contribution in [0, 0.1) is 0 Å².